The third kappa shape index (κ3) is 8.28. The van der Waals surface area contributed by atoms with Crippen molar-refractivity contribution in [3.05, 3.63) is 22.4 Å². The number of aliphatic imine (C=N–C) groups is 1. The zero-order valence-electron chi connectivity index (χ0n) is 18.8. The van der Waals surface area contributed by atoms with Crippen LogP contribution in [0.3, 0.4) is 0 Å². The molecule has 2 N–H and O–H groups in total. The average molecular weight is 549 g/mol. The van der Waals surface area contributed by atoms with Crippen LogP contribution in [0.4, 0.5) is 0 Å². The molecule has 1 saturated heterocycles. The second-order valence-electron chi connectivity index (χ2n) is 8.76. The SMILES string of the molecule is CCOCCC1(CNC(=NC)NCC2CCN(Cc3cccs3)CC2)CCCC1.I. The Hall–Kier alpha value is -0.380. The van der Waals surface area contributed by atoms with E-state index in [0.717, 1.165) is 51.1 Å². The molecule has 0 amide bonds. The summed E-state index contributed by atoms with van der Waals surface area (Å²) in [5.74, 6) is 1.71. The molecular formula is C23H41IN4OS. The van der Waals surface area contributed by atoms with Crippen molar-refractivity contribution >= 4 is 41.3 Å². The van der Waals surface area contributed by atoms with E-state index in [2.05, 4.69) is 45.0 Å². The number of likely N-dealkylation sites (tertiary alicyclic amines) is 1. The number of guanidine groups is 1. The van der Waals surface area contributed by atoms with Crippen molar-refractivity contribution in [1.29, 1.82) is 0 Å². The van der Waals surface area contributed by atoms with E-state index in [1.807, 2.05) is 18.4 Å². The van der Waals surface area contributed by atoms with E-state index in [1.54, 1.807) is 0 Å². The van der Waals surface area contributed by atoms with Crippen molar-refractivity contribution in [3.63, 3.8) is 0 Å². The van der Waals surface area contributed by atoms with Crippen LogP contribution in [-0.2, 0) is 11.3 Å². The largest absolute Gasteiger partial charge is 0.382 e. The summed E-state index contributed by atoms with van der Waals surface area (Å²) in [6.45, 7) is 9.35. The first-order valence-corrected chi connectivity index (χ1v) is 12.4. The Kier molecular flexibility index (Phi) is 12.0. The number of hydrogen-bond donors (Lipinski definition) is 2. The molecule has 7 heteroatoms. The third-order valence-electron chi connectivity index (χ3n) is 6.72. The Morgan fingerprint density at radius 1 is 1.27 bits per heavy atom. The molecule has 1 aliphatic carbocycles. The standard InChI is InChI=1S/C23H40N4OS.HI/c1-3-28-15-12-23(10-4-5-11-23)19-26-22(24-2)25-17-20-8-13-27(14-9-20)18-21-7-6-16-29-21;/h6-7,16,20H,3-5,8-15,17-19H2,1-2H3,(H2,24,25,26);1H. The molecular weight excluding hydrogens is 507 g/mol. The number of halogens is 1. The first-order valence-electron chi connectivity index (χ1n) is 11.5. The summed E-state index contributed by atoms with van der Waals surface area (Å²) in [5, 5.41) is 9.41. The fourth-order valence-electron chi connectivity index (χ4n) is 4.78. The highest BCUT2D eigenvalue weighted by atomic mass is 127. The number of piperidine rings is 1. The van der Waals surface area contributed by atoms with Gasteiger partial charge in [0, 0.05) is 44.8 Å². The Labute approximate surface area is 204 Å². The average Bonchev–Trinajstić information content (AvgIpc) is 3.42. The zero-order valence-corrected chi connectivity index (χ0v) is 22.0. The Balaban J connectivity index is 0.00000320. The van der Waals surface area contributed by atoms with Gasteiger partial charge in [-0.3, -0.25) is 9.89 Å². The van der Waals surface area contributed by atoms with E-state index in [4.69, 9.17) is 4.74 Å². The Morgan fingerprint density at radius 3 is 2.67 bits per heavy atom. The number of hydrogen-bond acceptors (Lipinski definition) is 4. The summed E-state index contributed by atoms with van der Waals surface area (Å²) < 4.78 is 5.64. The number of thiophene rings is 1. The van der Waals surface area contributed by atoms with Gasteiger partial charge in [-0.05, 0) is 74.9 Å². The molecule has 0 radical (unpaired) electrons. The summed E-state index contributed by atoms with van der Waals surface area (Å²) in [7, 11) is 1.89. The maximum absolute atomic E-state index is 5.64. The van der Waals surface area contributed by atoms with Crippen LogP contribution in [-0.4, -0.2) is 57.3 Å². The predicted octanol–water partition coefficient (Wildman–Crippen LogP) is 4.73. The molecule has 2 aliphatic rings. The lowest BCUT2D eigenvalue weighted by Crippen LogP contribution is -2.46. The molecule has 0 atom stereocenters. The van der Waals surface area contributed by atoms with Gasteiger partial charge < -0.3 is 15.4 Å². The number of nitrogens with one attached hydrogen (secondary N) is 2. The van der Waals surface area contributed by atoms with Crippen molar-refractivity contribution in [1.82, 2.24) is 15.5 Å². The quantitative estimate of drug-likeness (QED) is 0.192. The normalized spacial score (nSPS) is 20.1. The topological polar surface area (TPSA) is 48.9 Å². The summed E-state index contributed by atoms with van der Waals surface area (Å²) in [4.78, 5) is 8.56. The van der Waals surface area contributed by atoms with Crippen LogP contribution in [0.15, 0.2) is 22.5 Å². The lowest BCUT2D eigenvalue weighted by atomic mass is 9.83. The van der Waals surface area contributed by atoms with Crippen molar-refractivity contribution in [3.8, 4) is 0 Å². The highest BCUT2D eigenvalue weighted by Crippen LogP contribution is 2.40. The van der Waals surface area contributed by atoms with Crippen LogP contribution in [0.1, 0.15) is 56.7 Å². The van der Waals surface area contributed by atoms with Gasteiger partial charge in [0.05, 0.1) is 0 Å². The van der Waals surface area contributed by atoms with Crippen LogP contribution >= 0.6 is 35.3 Å². The van der Waals surface area contributed by atoms with E-state index in [0.29, 0.717) is 5.41 Å². The predicted molar refractivity (Wildman–Crippen MR) is 139 cm³/mol. The van der Waals surface area contributed by atoms with Gasteiger partial charge >= 0.3 is 0 Å². The molecule has 0 aromatic carbocycles. The van der Waals surface area contributed by atoms with Gasteiger partial charge in [-0.25, -0.2) is 0 Å². The lowest BCUT2D eigenvalue weighted by molar-refractivity contribution is 0.105. The van der Waals surface area contributed by atoms with E-state index in [1.165, 1.54) is 56.5 Å². The fourth-order valence-corrected chi connectivity index (χ4v) is 5.52. The van der Waals surface area contributed by atoms with E-state index >= 15 is 0 Å². The van der Waals surface area contributed by atoms with Gasteiger partial charge in [0.2, 0.25) is 0 Å². The maximum Gasteiger partial charge on any atom is 0.191 e. The van der Waals surface area contributed by atoms with Gasteiger partial charge in [0.15, 0.2) is 5.96 Å². The molecule has 2 heterocycles. The maximum atomic E-state index is 5.64. The molecule has 2 fully saturated rings. The monoisotopic (exact) mass is 548 g/mol. The number of rotatable bonds is 10. The fraction of sp³-hybridized carbons (Fsp3) is 0.783. The summed E-state index contributed by atoms with van der Waals surface area (Å²) in [6, 6.07) is 4.40. The Morgan fingerprint density at radius 2 is 2.03 bits per heavy atom. The van der Waals surface area contributed by atoms with Crippen LogP contribution in [0.5, 0.6) is 0 Å². The molecule has 1 aromatic rings. The highest BCUT2D eigenvalue weighted by molar-refractivity contribution is 14.0. The molecule has 3 rings (SSSR count). The second-order valence-corrected chi connectivity index (χ2v) is 9.79. The van der Waals surface area contributed by atoms with Crippen LogP contribution < -0.4 is 10.6 Å². The molecule has 172 valence electrons. The van der Waals surface area contributed by atoms with Gasteiger partial charge in [0.25, 0.3) is 0 Å². The van der Waals surface area contributed by atoms with Crippen molar-refractivity contribution < 1.29 is 4.74 Å². The molecule has 0 unspecified atom stereocenters. The second kappa shape index (κ2) is 13.9. The first-order chi connectivity index (χ1) is 14.2. The minimum atomic E-state index is 0. The van der Waals surface area contributed by atoms with E-state index in [-0.39, 0.29) is 24.0 Å². The molecule has 1 aromatic heterocycles. The molecule has 0 spiro atoms. The molecule has 1 saturated carbocycles. The van der Waals surface area contributed by atoms with Gasteiger partial charge in [-0.1, -0.05) is 18.9 Å². The van der Waals surface area contributed by atoms with Gasteiger partial charge in [-0.2, -0.15) is 0 Å². The van der Waals surface area contributed by atoms with Crippen LogP contribution in [0, 0.1) is 11.3 Å². The molecule has 1 aliphatic heterocycles. The molecule has 5 nitrogen and oxygen atoms in total. The minimum Gasteiger partial charge on any atom is -0.382 e. The minimum absolute atomic E-state index is 0. The Bertz CT molecular complexity index is 596. The van der Waals surface area contributed by atoms with Gasteiger partial charge in [0.1, 0.15) is 0 Å². The lowest BCUT2D eigenvalue weighted by Gasteiger charge is -2.33. The van der Waals surface area contributed by atoms with Crippen LogP contribution in [0.2, 0.25) is 0 Å². The summed E-state index contributed by atoms with van der Waals surface area (Å²) in [6.07, 6.45) is 9.03. The van der Waals surface area contributed by atoms with Crippen molar-refractivity contribution in [2.75, 3.05) is 46.4 Å². The molecule has 0 bridgehead atoms. The van der Waals surface area contributed by atoms with E-state index in [9.17, 15) is 0 Å². The van der Waals surface area contributed by atoms with E-state index < -0.39 is 0 Å². The third-order valence-corrected chi connectivity index (χ3v) is 7.59. The van der Waals surface area contributed by atoms with Crippen LogP contribution in [0.25, 0.3) is 0 Å². The highest BCUT2D eigenvalue weighted by Gasteiger charge is 2.33. The number of nitrogens with zero attached hydrogens (tertiary/aromatic N) is 2. The summed E-state index contributed by atoms with van der Waals surface area (Å²) >= 11 is 1.87. The van der Waals surface area contributed by atoms with Crippen molar-refractivity contribution in [2.45, 2.75) is 58.4 Å². The number of ether oxygens (including phenoxy) is 1. The molecule has 30 heavy (non-hydrogen) atoms. The summed E-state index contributed by atoms with van der Waals surface area (Å²) in [5.41, 5.74) is 0.389. The van der Waals surface area contributed by atoms with Crippen molar-refractivity contribution in [2.24, 2.45) is 16.3 Å². The zero-order chi connectivity index (χ0) is 20.4. The first kappa shape index (κ1) is 25.9. The van der Waals surface area contributed by atoms with Gasteiger partial charge in [-0.15, -0.1) is 35.3 Å². The smallest absolute Gasteiger partial charge is 0.191 e.